The van der Waals surface area contributed by atoms with Crippen LogP contribution in [0.25, 0.3) is 0 Å². The largest absolute Gasteiger partial charge is 0.333 e. The maximum absolute atomic E-state index is 13.4. The van der Waals surface area contributed by atoms with E-state index < -0.39 is 0 Å². The molecule has 1 saturated heterocycles. The van der Waals surface area contributed by atoms with Crippen LogP contribution >= 0.6 is 0 Å². The van der Waals surface area contributed by atoms with E-state index in [1.165, 1.54) is 44.1 Å². The fourth-order valence-electron chi connectivity index (χ4n) is 7.93. The van der Waals surface area contributed by atoms with Gasteiger partial charge in [0.1, 0.15) is 0 Å². The Bertz CT molecular complexity index is 950. The third kappa shape index (κ3) is 4.25. The highest BCUT2D eigenvalue weighted by Gasteiger charge is 2.52. The Morgan fingerprint density at radius 1 is 0.794 bits per heavy atom. The summed E-state index contributed by atoms with van der Waals surface area (Å²) in [6, 6.07) is 21.1. The lowest BCUT2D eigenvalue weighted by molar-refractivity contribution is -0.0168. The molecule has 0 radical (unpaired) electrons. The van der Waals surface area contributed by atoms with E-state index >= 15 is 0 Å². The van der Waals surface area contributed by atoms with Gasteiger partial charge in [-0.25, -0.2) is 4.79 Å². The topological polar surface area (TPSA) is 61.6 Å². The van der Waals surface area contributed by atoms with Crippen LogP contribution in [0.2, 0.25) is 0 Å². The predicted molar refractivity (Wildman–Crippen MR) is 135 cm³/mol. The van der Waals surface area contributed by atoms with Gasteiger partial charge in [0.15, 0.2) is 0 Å². The quantitative estimate of drug-likeness (QED) is 0.681. The van der Waals surface area contributed by atoms with Crippen molar-refractivity contribution in [3.8, 4) is 0 Å². The average molecular weight is 459 g/mol. The van der Waals surface area contributed by atoms with Crippen LogP contribution in [0, 0.1) is 17.8 Å². The van der Waals surface area contributed by atoms with Gasteiger partial charge < -0.3 is 16.0 Å². The summed E-state index contributed by atoms with van der Waals surface area (Å²) in [6.45, 7) is 3.19. The smallest absolute Gasteiger partial charge is 0.317 e. The maximum Gasteiger partial charge on any atom is 0.317 e. The molecule has 180 valence electrons. The summed E-state index contributed by atoms with van der Waals surface area (Å²) in [5, 5.41) is 3.56. The van der Waals surface area contributed by atoms with E-state index in [1.807, 2.05) is 11.0 Å². The van der Waals surface area contributed by atoms with Crippen LogP contribution in [0.15, 0.2) is 60.7 Å². The summed E-state index contributed by atoms with van der Waals surface area (Å²) < 4.78 is 0. The first-order chi connectivity index (χ1) is 16.6. The number of hydrogen-bond acceptors (Lipinski definition) is 3. The zero-order valence-corrected chi connectivity index (χ0v) is 20.1. The molecule has 7 rings (SSSR count). The fourth-order valence-corrected chi connectivity index (χ4v) is 7.93. The monoisotopic (exact) mass is 458 g/mol. The number of urea groups is 1. The summed E-state index contributed by atoms with van der Waals surface area (Å²) in [4.78, 5) is 17.9. The van der Waals surface area contributed by atoms with Gasteiger partial charge in [-0.2, -0.15) is 0 Å². The van der Waals surface area contributed by atoms with Crippen molar-refractivity contribution in [2.24, 2.45) is 23.5 Å². The first-order valence-corrected chi connectivity index (χ1v) is 13.3. The molecule has 3 N–H and O–H groups in total. The normalized spacial score (nSPS) is 32.4. The van der Waals surface area contributed by atoms with Crippen LogP contribution < -0.4 is 11.1 Å². The molecular formula is C29H38N4O. The number of benzene rings is 2. The number of nitrogens with two attached hydrogens (primary N) is 1. The van der Waals surface area contributed by atoms with Gasteiger partial charge in [-0.15, -0.1) is 0 Å². The van der Waals surface area contributed by atoms with E-state index in [9.17, 15) is 4.79 Å². The predicted octanol–water partition coefficient (Wildman–Crippen LogP) is 4.72. The molecule has 0 aromatic heterocycles. The minimum absolute atomic E-state index is 0.0746. The minimum Gasteiger partial charge on any atom is -0.333 e. The molecule has 2 aromatic rings. The van der Waals surface area contributed by atoms with E-state index in [-0.39, 0.29) is 23.7 Å². The van der Waals surface area contributed by atoms with Gasteiger partial charge in [0.2, 0.25) is 0 Å². The highest BCUT2D eigenvalue weighted by Crippen LogP contribution is 2.55. The molecule has 5 nitrogen and oxygen atoms in total. The molecule has 0 spiro atoms. The van der Waals surface area contributed by atoms with E-state index in [2.05, 4.69) is 64.8 Å². The van der Waals surface area contributed by atoms with Gasteiger partial charge in [0, 0.05) is 37.8 Å². The van der Waals surface area contributed by atoms with Gasteiger partial charge >= 0.3 is 6.03 Å². The van der Waals surface area contributed by atoms with Gasteiger partial charge in [-0.3, -0.25) is 4.90 Å². The Morgan fingerprint density at radius 3 is 1.82 bits per heavy atom. The summed E-state index contributed by atoms with van der Waals surface area (Å²) >= 11 is 0. The number of hydrogen-bond donors (Lipinski definition) is 2. The number of carbonyl (C=O) groups is 1. The van der Waals surface area contributed by atoms with Crippen molar-refractivity contribution in [3.05, 3.63) is 71.8 Å². The molecule has 5 fully saturated rings. The van der Waals surface area contributed by atoms with E-state index in [0.717, 1.165) is 49.5 Å². The van der Waals surface area contributed by atoms with E-state index in [4.69, 9.17) is 5.73 Å². The molecule has 4 bridgehead atoms. The van der Waals surface area contributed by atoms with Crippen molar-refractivity contribution in [1.82, 2.24) is 15.1 Å². The minimum atomic E-state index is -0.115. The van der Waals surface area contributed by atoms with Crippen LogP contribution in [-0.2, 0) is 0 Å². The second kappa shape index (κ2) is 9.01. The highest BCUT2D eigenvalue weighted by molar-refractivity contribution is 5.75. The van der Waals surface area contributed by atoms with Gasteiger partial charge in [-0.05, 0) is 67.4 Å². The Kier molecular flexibility index (Phi) is 5.86. The van der Waals surface area contributed by atoms with Crippen molar-refractivity contribution in [3.63, 3.8) is 0 Å². The summed E-state index contributed by atoms with van der Waals surface area (Å²) in [5.41, 5.74) is 9.32. The Balaban J connectivity index is 1.13. The molecule has 4 aliphatic carbocycles. The van der Waals surface area contributed by atoms with Crippen LogP contribution in [0.3, 0.4) is 0 Å². The molecule has 2 aromatic carbocycles. The van der Waals surface area contributed by atoms with Crippen LogP contribution in [0.5, 0.6) is 0 Å². The number of nitrogens with zero attached hydrogens (tertiary/aromatic N) is 2. The second-order valence-corrected chi connectivity index (χ2v) is 11.4. The van der Waals surface area contributed by atoms with Crippen molar-refractivity contribution in [2.75, 3.05) is 26.2 Å². The molecule has 4 saturated carbocycles. The molecule has 0 unspecified atom stereocenters. The van der Waals surface area contributed by atoms with Crippen LogP contribution in [0.1, 0.15) is 61.7 Å². The average Bonchev–Trinajstić information content (AvgIpc) is 2.85. The molecular weight excluding hydrogens is 420 g/mol. The number of amides is 2. The molecule has 1 heterocycles. The Labute approximate surface area is 203 Å². The van der Waals surface area contributed by atoms with Gasteiger partial charge in [0.25, 0.3) is 0 Å². The molecule has 1 aliphatic heterocycles. The lowest BCUT2D eigenvalue weighted by atomic mass is 9.53. The molecule has 2 atom stereocenters. The molecule has 5 heteroatoms. The van der Waals surface area contributed by atoms with Crippen LogP contribution in [0.4, 0.5) is 4.79 Å². The number of carbonyl (C=O) groups excluding carboxylic acids is 1. The summed E-state index contributed by atoms with van der Waals surface area (Å²) in [6.07, 6.45) is 7.80. The van der Waals surface area contributed by atoms with Crippen molar-refractivity contribution >= 4 is 6.03 Å². The third-order valence-electron chi connectivity index (χ3n) is 9.07. The number of piperazine rings is 1. The zero-order valence-electron chi connectivity index (χ0n) is 20.1. The SMILES string of the molecule is N[C@@H](c1ccccc1)[C@@H](c1ccccc1)N1CCN(C(=O)NC23CC4CC(CC(C4)C2)C3)CC1. The Hall–Kier alpha value is -2.37. The lowest BCUT2D eigenvalue weighted by Crippen LogP contribution is -2.63. The lowest BCUT2D eigenvalue weighted by Gasteiger charge is -2.57. The van der Waals surface area contributed by atoms with E-state index in [0.29, 0.717) is 0 Å². The molecule has 5 aliphatic rings. The molecule has 34 heavy (non-hydrogen) atoms. The fraction of sp³-hybridized carbons (Fsp3) is 0.552. The first-order valence-electron chi connectivity index (χ1n) is 13.3. The van der Waals surface area contributed by atoms with Crippen molar-refractivity contribution in [2.45, 2.75) is 56.1 Å². The van der Waals surface area contributed by atoms with Crippen molar-refractivity contribution in [1.29, 1.82) is 0 Å². The maximum atomic E-state index is 13.4. The number of nitrogens with one attached hydrogen (secondary N) is 1. The number of rotatable bonds is 5. The Morgan fingerprint density at radius 2 is 1.29 bits per heavy atom. The molecule has 2 amide bonds. The first kappa shape index (κ1) is 22.1. The third-order valence-corrected chi connectivity index (χ3v) is 9.07. The van der Waals surface area contributed by atoms with Crippen molar-refractivity contribution < 1.29 is 4.79 Å². The van der Waals surface area contributed by atoms with Gasteiger partial charge in [-0.1, -0.05) is 60.7 Å². The second-order valence-electron chi connectivity index (χ2n) is 11.4. The highest BCUT2D eigenvalue weighted by atomic mass is 16.2. The standard InChI is InChI=1S/C29H38N4O/c30-26(24-7-3-1-4-8-24)27(25-9-5-2-6-10-25)32-11-13-33(14-12-32)28(34)31-29-18-21-15-22(19-29)17-23(16-21)20-29/h1-10,21-23,26-27H,11-20,30H2,(H,31,34)/t21?,22?,23?,26-,27+,29?/m0/s1. The zero-order chi connectivity index (χ0) is 23.1. The summed E-state index contributed by atoms with van der Waals surface area (Å²) in [5.74, 6) is 2.53. The van der Waals surface area contributed by atoms with Gasteiger partial charge in [0.05, 0.1) is 6.04 Å². The summed E-state index contributed by atoms with van der Waals surface area (Å²) in [7, 11) is 0. The van der Waals surface area contributed by atoms with Crippen LogP contribution in [-0.4, -0.2) is 47.5 Å². The van der Waals surface area contributed by atoms with E-state index in [1.54, 1.807) is 0 Å².